The quantitative estimate of drug-likeness (QED) is 0.877. The summed E-state index contributed by atoms with van der Waals surface area (Å²) in [4.78, 5) is 0. The fourth-order valence-electron chi connectivity index (χ4n) is 2.35. The van der Waals surface area contributed by atoms with Crippen molar-refractivity contribution >= 4 is 11.8 Å². The van der Waals surface area contributed by atoms with Gasteiger partial charge in [0.1, 0.15) is 0 Å². The van der Waals surface area contributed by atoms with Crippen LogP contribution in [0.3, 0.4) is 0 Å². The van der Waals surface area contributed by atoms with E-state index in [4.69, 9.17) is 0 Å². The normalized spacial score (nSPS) is 20.9. The third-order valence-corrected chi connectivity index (χ3v) is 4.70. The zero-order chi connectivity index (χ0) is 11.8. The number of aliphatic hydroxyl groups is 1. The van der Waals surface area contributed by atoms with Crippen molar-refractivity contribution in [3.8, 4) is 0 Å². The second-order valence-electron chi connectivity index (χ2n) is 5.22. The summed E-state index contributed by atoms with van der Waals surface area (Å²) in [6.45, 7) is 5.56. The number of hydrogen-bond acceptors (Lipinski definition) is 2. The second kappa shape index (κ2) is 4.46. The Morgan fingerprint density at radius 3 is 3.00 bits per heavy atom. The van der Waals surface area contributed by atoms with Crippen molar-refractivity contribution in [1.29, 1.82) is 0 Å². The molecule has 0 bridgehead atoms. The van der Waals surface area contributed by atoms with Crippen LogP contribution >= 0.6 is 11.8 Å². The van der Waals surface area contributed by atoms with Crippen molar-refractivity contribution < 1.29 is 5.11 Å². The first-order chi connectivity index (χ1) is 7.53. The zero-order valence-corrected chi connectivity index (χ0v) is 11.2. The van der Waals surface area contributed by atoms with E-state index in [2.05, 4.69) is 36.9 Å². The second-order valence-corrected chi connectivity index (χ2v) is 6.73. The summed E-state index contributed by atoms with van der Waals surface area (Å²) in [5, 5.41) is 9.91. The van der Waals surface area contributed by atoms with E-state index in [0.29, 0.717) is 0 Å². The smallest absolute Gasteiger partial charge is 0.0807 e. The van der Waals surface area contributed by atoms with Crippen molar-refractivity contribution in [2.24, 2.45) is 0 Å². The SMILES string of the molecule is CSC(C)(C)Cn1ccc2c1CCCC2O. The molecular weight excluding hydrogens is 218 g/mol. The molecule has 0 spiro atoms. The molecule has 0 aliphatic heterocycles. The number of hydrogen-bond donors (Lipinski definition) is 1. The van der Waals surface area contributed by atoms with Crippen LogP contribution in [-0.4, -0.2) is 20.7 Å². The van der Waals surface area contributed by atoms with Gasteiger partial charge in [-0.2, -0.15) is 11.8 Å². The molecule has 1 aliphatic carbocycles. The zero-order valence-electron chi connectivity index (χ0n) is 10.4. The fraction of sp³-hybridized carbons (Fsp3) is 0.692. The van der Waals surface area contributed by atoms with Gasteiger partial charge in [-0.25, -0.2) is 0 Å². The molecule has 0 saturated heterocycles. The molecule has 90 valence electrons. The Bertz CT molecular complexity index is 370. The number of rotatable bonds is 3. The molecule has 3 heteroatoms. The predicted octanol–water partition coefficient (Wildman–Crippen LogP) is 3.00. The Labute approximate surface area is 102 Å². The summed E-state index contributed by atoms with van der Waals surface area (Å²) < 4.78 is 2.59. The van der Waals surface area contributed by atoms with E-state index >= 15 is 0 Å². The highest BCUT2D eigenvalue weighted by atomic mass is 32.2. The fourth-order valence-corrected chi connectivity index (χ4v) is 2.62. The molecular formula is C13H21NOS. The highest BCUT2D eigenvalue weighted by Crippen LogP contribution is 2.32. The Morgan fingerprint density at radius 2 is 2.31 bits per heavy atom. The molecule has 2 rings (SSSR count). The van der Waals surface area contributed by atoms with Crippen LogP contribution in [0.25, 0.3) is 0 Å². The number of fused-ring (bicyclic) bond motifs is 1. The van der Waals surface area contributed by atoms with Gasteiger partial charge in [0, 0.05) is 28.7 Å². The minimum absolute atomic E-state index is 0.234. The van der Waals surface area contributed by atoms with E-state index in [1.54, 1.807) is 0 Å². The van der Waals surface area contributed by atoms with Gasteiger partial charge in [0.15, 0.2) is 0 Å². The molecule has 0 fully saturated rings. The number of aliphatic hydroxyl groups excluding tert-OH is 1. The van der Waals surface area contributed by atoms with Gasteiger partial charge in [-0.15, -0.1) is 0 Å². The Morgan fingerprint density at radius 1 is 1.56 bits per heavy atom. The Hall–Kier alpha value is -0.410. The molecule has 0 aromatic carbocycles. The first kappa shape index (κ1) is 12.1. The van der Waals surface area contributed by atoms with Gasteiger partial charge >= 0.3 is 0 Å². The Balaban J connectivity index is 2.23. The maximum atomic E-state index is 9.91. The first-order valence-corrected chi connectivity index (χ1v) is 7.17. The molecule has 1 unspecified atom stereocenters. The van der Waals surface area contributed by atoms with Crippen LogP contribution in [0.5, 0.6) is 0 Å². The molecule has 0 radical (unpaired) electrons. The Kier molecular flexibility index (Phi) is 3.36. The summed E-state index contributed by atoms with van der Waals surface area (Å²) in [6.07, 6.45) is 7.20. The lowest BCUT2D eigenvalue weighted by Gasteiger charge is -2.26. The summed E-state index contributed by atoms with van der Waals surface area (Å²) >= 11 is 1.89. The maximum Gasteiger partial charge on any atom is 0.0807 e. The molecule has 16 heavy (non-hydrogen) atoms. The summed E-state index contributed by atoms with van der Waals surface area (Å²) in [5.41, 5.74) is 2.50. The van der Waals surface area contributed by atoms with Crippen molar-refractivity contribution in [3.05, 3.63) is 23.5 Å². The molecule has 1 aromatic heterocycles. The van der Waals surface area contributed by atoms with E-state index in [-0.39, 0.29) is 10.9 Å². The van der Waals surface area contributed by atoms with Crippen LogP contribution in [0, 0.1) is 0 Å². The van der Waals surface area contributed by atoms with Crippen LogP contribution in [0.15, 0.2) is 12.3 Å². The summed E-state index contributed by atoms with van der Waals surface area (Å²) in [7, 11) is 0. The van der Waals surface area contributed by atoms with Crippen molar-refractivity contribution in [2.45, 2.75) is 50.5 Å². The molecule has 1 aromatic rings. The van der Waals surface area contributed by atoms with Crippen molar-refractivity contribution in [1.82, 2.24) is 4.57 Å². The third kappa shape index (κ3) is 2.30. The van der Waals surface area contributed by atoms with E-state index < -0.39 is 0 Å². The molecule has 0 amide bonds. The molecule has 1 atom stereocenters. The molecule has 1 aliphatic rings. The third-order valence-electron chi connectivity index (χ3n) is 3.47. The van der Waals surface area contributed by atoms with Gasteiger partial charge < -0.3 is 9.67 Å². The van der Waals surface area contributed by atoms with Gasteiger partial charge in [0.25, 0.3) is 0 Å². The average molecular weight is 239 g/mol. The summed E-state index contributed by atoms with van der Waals surface area (Å²) in [6, 6.07) is 2.09. The molecule has 1 heterocycles. The molecule has 0 saturated carbocycles. The van der Waals surface area contributed by atoms with Gasteiger partial charge in [0.2, 0.25) is 0 Å². The van der Waals surface area contributed by atoms with E-state index in [0.717, 1.165) is 31.4 Å². The highest BCUT2D eigenvalue weighted by molar-refractivity contribution is 7.99. The first-order valence-electron chi connectivity index (χ1n) is 5.94. The van der Waals surface area contributed by atoms with Crippen LogP contribution in [0.2, 0.25) is 0 Å². The van der Waals surface area contributed by atoms with Gasteiger partial charge in [-0.3, -0.25) is 0 Å². The van der Waals surface area contributed by atoms with Crippen LogP contribution in [0.4, 0.5) is 0 Å². The average Bonchev–Trinajstić information content (AvgIpc) is 2.63. The topological polar surface area (TPSA) is 25.2 Å². The molecule has 2 nitrogen and oxygen atoms in total. The predicted molar refractivity (Wildman–Crippen MR) is 69.9 cm³/mol. The highest BCUT2D eigenvalue weighted by Gasteiger charge is 2.24. The standard InChI is InChI=1S/C13H21NOS/c1-13(2,16-3)9-14-8-7-10-11(14)5-4-6-12(10)15/h7-8,12,15H,4-6,9H2,1-3H3. The lowest BCUT2D eigenvalue weighted by Crippen LogP contribution is -2.24. The minimum atomic E-state index is -0.234. The maximum absolute atomic E-state index is 9.91. The number of nitrogens with zero attached hydrogens (tertiary/aromatic N) is 1. The van der Waals surface area contributed by atoms with Gasteiger partial charge in [-0.05, 0) is 45.4 Å². The van der Waals surface area contributed by atoms with E-state index in [1.807, 2.05) is 11.8 Å². The van der Waals surface area contributed by atoms with Crippen LogP contribution in [-0.2, 0) is 13.0 Å². The molecule has 1 N–H and O–H groups in total. The summed E-state index contributed by atoms with van der Waals surface area (Å²) in [5.74, 6) is 0. The van der Waals surface area contributed by atoms with Crippen molar-refractivity contribution in [2.75, 3.05) is 6.26 Å². The van der Waals surface area contributed by atoms with Gasteiger partial charge in [-0.1, -0.05) is 0 Å². The number of aromatic nitrogens is 1. The van der Waals surface area contributed by atoms with Crippen LogP contribution < -0.4 is 0 Å². The van der Waals surface area contributed by atoms with E-state index in [9.17, 15) is 5.11 Å². The lowest BCUT2D eigenvalue weighted by atomic mass is 9.95. The minimum Gasteiger partial charge on any atom is -0.388 e. The lowest BCUT2D eigenvalue weighted by molar-refractivity contribution is 0.155. The monoisotopic (exact) mass is 239 g/mol. The van der Waals surface area contributed by atoms with Crippen LogP contribution in [0.1, 0.15) is 44.1 Å². The largest absolute Gasteiger partial charge is 0.388 e. The van der Waals surface area contributed by atoms with Gasteiger partial charge in [0.05, 0.1) is 6.10 Å². The van der Waals surface area contributed by atoms with E-state index in [1.165, 1.54) is 5.69 Å². The van der Waals surface area contributed by atoms with Crippen molar-refractivity contribution in [3.63, 3.8) is 0 Å². The number of thioether (sulfide) groups is 1.